The van der Waals surface area contributed by atoms with Gasteiger partial charge in [-0.15, -0.1) is 0 Å². The van der Waals surface area contributed by atoms with Gasteiger partial charge in [0.1, 0.15) is 5.69 Å². The third kappa shape index (κ3) is 4.04. The van der Waals surface area contributed by atoms with Gasteiger partial charge < -0.3 is 10.2 Å². The minimum absolute atomic E-state index is 0.0734. The summed E-state index contributed by atoms with van der Waals surface area (Å²) in [6.45, 7) is 1.55. The lowest BCUT2D eigenvalue weighted by molar-refractivity contribution is -0.384. The van der Waals surface area contributed by atoms with Gasteiger partial charge in [-0.2, -0.15) is 5.10 Å². The third-order valence-corrected chi connectivity index (χ3v) is 4.98. The fourth-order valence-corrected chi connectivity index (χ4v) is 3.50. The largest absolute Gasteiger partial charge is 0.366 e. The van der Waals surface area contributed by atoms with Crippen molar-refractivity contribution in [2.24, 2.45) is 0 Å². The molecule has 0 spiro atoms. The number of anilines is 2. The molecule has 0 saturated carbocycles. The number of aromatic amines is 1. The molecule has 1 aromatic heterocycles. The Morgan fingerprint density at radius 2 is 1.90 bits per heavy atom. The smallest absolute Gasteiger partial charge is 0.293 e. The van der Waals surface area contributed by atoms with E-state index in [9.17, 15) is 19.7 Å². The number of hydrogen-bond acceptors (Lipinski definition) is 6. The van der Waals surface area contributed by atoms with Gasteiger partial charge in [0.15, 0.2) is 0 Å². The van der Waals surface area contributed by atoms with Crippen LogP contribution < -0.4 is 15.8 Å². The summed E-state index contributed by atoms with van der Waals surface area (Å²) in [6.07, 6.45) is 2.00. The highest BCUT2D eigenvalue weighted by molar-refractivity contribution is 6.05. The molecule has 0 unspecified atom stereocenters. The highest BCUT2D eigenvalue weighted by atomic mass is 16.6. The van der Waals surface area contributed by atoms with Crippen LogP contribution in [0.5, 0.6) is 0 Å². The second kappa shape index (κ2) is 8.16. The molecule has 9 nitrogen and oxygen atoms in total. The van der Waals surface area contributed by atoms with Crippen LogP contribution in [0, 0.1) is 10.1 Å². The van der Waals surface area contributed by atoms with Crippen LogP contribution in [-0.4, -0.2) is 34.1 Å². The number of H-pyrrole nitrogens is 1. The Kier molecular flexibility index (Phi) is 5.25. The van der Waals surface area contributed by atoms with Crippen LogP contribution in [0.2, 0.25) is 0 Å². The lowest BCUT2D eigenvalue weighted by atomic mass is 10.1. The maximum Gasteiger partial charge on any atom is 0.293 e. The summed E-state index contributed by atoms with van der Waals surface area (Å²) >= 11 is 0. The van der Waals surface area contributed by atoms with Crippen LogP contribution in [-0.2, 0) is 0 Å². The summed E-state index contributed by atoms with van der Waals surface area (Å²) in [6, 6.07) is 14.5. The Bertz CT molecular complexity index is 1150. The lowest BCUT2D eigenvalue weighted by Crippen LogP contribution is -2.19. The van der Waals surface area contributed by atoms with Crippen molar-refractivity contribution in [1.82, 2.24) is 10.2 Å². The molecule has 1 aliphatic heterocycles. The molecule has 30 heavy (non-hydrogen) atoms. The molecular weight excluding hydrogens is 386 g/mol. The number of nitrogens with zero attached hydrogens (tertiary/aromatic N) is 3. The predicted molar refractivity (Wildman–Crippen MR) is 113 cm³/mol. The minimum atomic E-state index is -0.451. The normalized spacial score (nSPS) is 13.3. The van der Waals surface area contributed by atoms with E-state index in [1.165, 1.54) is 12.1 Å². The summed E-state index contributed by atoms with van der Waals surface area (Å²) in [5.74, 6) is -0.447. The van der Waals surface area contributed by atoms with Gasteiger partial charge in [-0.05, 0) is 43.2 Å². The van der Waals surface area contributed by atoms with Gasteiger partial charge in [0, 0.05) is 42.0 Å². The molecule has 0 aliphatic carbocycles. The van der Waals surface area contributed by atoms with Crippen molar-refractivity contribution < 1.29 is 9.72 Å². The SMILES string of the molecule is O=C(Nc1cccc(-c2ccc(=O)[nH]n2)c1)c1ccc(N2CCCC2)c([N+](=O)[O-])c1. The van der Waals surface area contributed by atoms with Crippen molar-refractivity contribution in [3.63, 3.8) is 0 Å². The first-order valence-corrected chi connectivity index (χ1v) is 9.52. The van der Waals surface area contributed by atoms with Crippen molar-refractivity contribution >= 4 is 23.0 Å². The zero-order valence-electron chi connectivity index (χ0n) is 16.0. The topological polar surface area (TPSA) is 121 Å². The molecule has 2 N–H and O–H groups in total. The van der Waals surface area contributed by atoms with E-state index >= 15 is 0 Å². The van der Waals surface area contributed by atoms with Gasteiger partial charge in [-0.25, -0.2) is 5.10 Å². The highest BCUT2D eigenvalue weighted by Gasteiger charge is 2.24. The Morgan fingerprint density at radius 1 is 1.10 bits per heavy atom. The predicted octanol–water partition coefficient (Wildman–Crippen LogP) is 3.20. The monoisotopic (exact) mass is 405 g/mol. The molecule has 1 amide bonds. The van der Waals surface area contributed by atoms with Crippen LogP contribution >= 0.6 is 0 Å². The van der Waals surface area contributed by atoms with Crippen molar-refractivity contribution in [2.45, 2.75) is 12.8 Å². The number of carbonyl (C=O) groups is 1. The number of nitro benzene ring substituents is 1. The number of rotatable bonds is 5. The number of carbonyl (C=O) groups excluding carboxylic acids is 1. The van der Waals surface area contributed by atoms with E-state index < -0.39 is 10.8 Å². The fraction of sp³-hybridized carbons (Fsp3) is 0.190. The van der Waals surface area contributed by atoms with E-state index in [0.29, 0.717) is 22.6 Å². The van der Waals surface area contributed by atoms with E-state index in [2.05, 4.69) is 15.5 Å². The maximum atomic E-state index is 12.7. The van der Waals surface area contributed by atoms with E-state index in [1.54, 1.807) is 42.5 Å². The average Bonchev–Trinajstić information content (AvgIpc) is 3.29. The molecule has 0 bridgehead atoms. The number of amides is 1. The molecule has 152 valence electrons. The average molecular weight is 405 g/mol. The first kappa shape index (κ1) is 19.3. The van der Waals surface area contributed by atoms with Crippen molar-refractivity contribution in [1.29, 1.82) is 0 Å². The molecule has 9 heteroatoms. The first-order valence-electron chi connectivity index (χ1n) is 9.52. The molecular formula is C21H19N5O4. The number of nitrogens with one attached hydrogen (secondary N) is 2. The summed E-state index contributed by atoms with van der Waals surface area (Å²) in [7, 11) is 0. The van der Waals surface area contributed by atoms with E-state index in [-0.39, 0.29) is 16.8 Å². The van der Waals surface area contributed by atoms with Crippen LogP contribution in [0.25, 0.3) is 11.3 Å². The molecule has 0 atom stereocenters. The van der Waals surface area contributed by atoms with E-state index in [4.69, 9.17) is 0 Å². The van der Waals surface area contributed by atoms with Gasteiger partial charge in [0.2, 0.25) is 0 Å². The molecule has 1 fully saturated rings. The summed E-state index contributed by atoms with van der Waals surface area (Å²) in [5, 5.41) is 20.7. The first-order chi connectivity index (χ1) is 14.5. The number of benzene rings is 2. The van der Waals surface area contributed by atoms with Crippen LogP contribution in [0.1, 0.15) is 23.2 Å². The molecule has 1 saturated heterocycles. The molecule has 4 rings (SSSR count). The summed E-state index contributed by atoms with van der Waals surface area (Å²) in [5.41, 5.74) is 2.14. The highest BCUT2D eigenvalue weighted by Crippen LogP contribution is 2.32. The number of hydrogen-bond donors (Lipinski definition) is 2. The van der Waals surface area contributed by atoms with Crippen molar-refractivity contribution in [3.8, 4) is 11.3 Å². The van der Waals surface area contributed by atoms with E-state index in [0.717, 1.165) is 25.9 Å². The molecule has 2 heterocycles. The van der Waals surface area contributed by atoms with Crippen LogP contribution in [0.15, 0.2) is 59.4 Å². The minimum Gasteiger partial charge on any atom is -0.366 e. The second-order valence-electron chi connectivity index (χ2n) is 7.00. The molecule has 0 radical (unpaired) electrons. The molecule has 3 aromatic rings. The standard InChI is InChI=1S/C21H19N5O4/c27-20-9-7-17(23-24-20)14-4-3-5-16(12-14)22-21(28)15-6-8-18(19(13-15)26(29)30)25-10-1-2-11-25/h3-9,12-13H,1-2,10-11H2,(H,22,28)(H,24,27). The fourth-order valence-electron chi connectivity index (χ4n) is 3.50. The Labute approximate surface area is 171 Å². The van der Waals surface area contributed by atoms with Crippen LogP contribution in [0.4, 0.5) is 17.1 Å². The zero-order chi connectivity index (χ0) is 21.1. The number of nitro groups is 1. The maximum absolute atomic E-state index is 12.7. The third-order valence-electron chi connectivity index (χ3n) is 4.98. The molecule has 2 aromatic carbocycles. The quantitative estimate of drug-likeness (QED) is 0.497. The Morgan fingerprint density at radius 3 is 2.60 bits per heavy atom. The number of aromatic nitrogens is 2. The molecule has 1 aliphatic rings. The second-order valence-corrected chi connectivity index (χ2v) is 7.00. The Hall–Kier alpha value is -4.01. The Balaban J connectivity index is 1.57. The van der Waals surface area contributed by atoms with Gasteiger partial charge in [-0.1, -0.05) is 12.1 Å². The summed E-state index contributed by atoms with van der Waals surface area (Å²) < 4.78 is 0. The van der Waals surface area contributed by atoms with Crippen LogP contribution in [0.3, 0.4) is 0 Å². The van der Waals surface area contributed by atoms with Crippen molar-refractivity contribution in [2.75, 3.05) is 23.3 Å². The summed E-state index contributed by atoms with van der Waals surface area (Å²) in [4.78, 5) is 37.0. The lowest BCUT2D eigenvalue weighted by Gasteiger charge is -2.17. The van der Waals surface area contributed by atoms with Gasteiger partial charge in [0.05, 0.1) is 10.6 Å². The van der Waals surface area contributed by atoms with Gasteiger partial charge >= 0.3 is 0 Å². The van der Waals surface area contributed by atoms with Crippen molar-refractivity contribution in [3.05, 3.63) is 80.6 Å². The van der Waals surface area contributed by atoms with E-state index in [1.807, 2.05) is 4.90 Å². The van der Waals surface area contributed by atoms with Gasteiger partial charge in [-0.3, -0.25) is 19.7 Å². The van der Waals surface area contributed by atoms with Gasteiger partial charge in [0.25, 0.3) is 17.2 Å². The zero-order valence-corrected chi connectivity index (χ0v) is 16.0.